The number of nitrogens with zero attached hydrogens (tertiary/aromatic N) is 1. The van der Waals surface area contributed by atoms with Crippen molar-refractivity contribution in [2.75, 3.05) is 19.6 Å². The summed E-state index contributed by atoms with van der Waals surface area (Å²) in [6.45, 7) is 4.31. The molecular weight excluding hydrogens is 298 g/mol. The average molecular weight is 319 g/mol. The largest absolute Gasteiger partial charge is 0.316 e. The van der Waals surface area contributed by atoms with Gasteiger partial charge in [0, 0.05) is 18.1 Å². The van der Waals surface area contributed by atoms with E-state index in [0.29, 0.717) is 18.0 Å². The Morgan fingerprint density at radius 2 is 2.27 bits per heavy atom. The first-order chi connectivity index (χ1) is 10.6. The van der Waals surface area contributed by atoms with Crippen molar-refractivity contribution in [1.29, 1.82) is 0 Å². The van der Waals surface area contributed by atoms with Crippen LogP contribution in [0.15, 0.2) is 35.4 Å². The molecule has 22 heavy (non-hydrogen) atoms. The van der Waals surface area contributed by atoms with Gasteiger partial charge in [0.25, 0.3) is 0 Å². The Bertz CT molecular complexity index is 768. The van der Waals surface area contributed by atoms with Gasteiger partial charge >= 0.3 is 0 Å². The van der Waals surface area contributed by atoms with Crippen molar-refractivity contribution in [3.63, 3.8) is 0 Å². The number of fused-ring (bicyclic) bond motifs is 1. The van der Waals surface area contributed by atoms with E-state index in [2.05, 4.69) is 15.0 Å². The number of benzene rings is 1. The third kappa shape index (κ3) is 3.29. The summed E-state index contributed by atoms with van der Waals surface area (Å²) in [5, 5.41) is 4.15. The molecule has 2 N–H and O–H groups in total. The van der Waals surface area contributed by atoms with Crippen molar-refractivity contribution >= 4 is 20.9 Å². The number of aryl methyl sites for hydroxylation is 1. The van der Waals surface area contributed by atoms with Gasteiger partial charge in [-0.3, -0.25) is 4.98 Å². The Morgan fingerprint density at radius 3 is 3.05 bits per heavy atom. The fourth-order valence-corrected chi connectivity index (χ4v) is 4.16. The summed E-state index contributed by atoms with van der Waals surface area (Å²) in [5.74, 6) is 0.355. The van der Waals surface area contributed by atoms with Crippen LogP contribution in [0.25, 0.3) is 10.9 Å². The molecule has 0 amide bonds. The SMILES string of the molecule is Cc1cnc2c(S(=O)(=O)NCC3CCCNC3)cccc2c1. The molecule has 1 aliphatic heterocycles. The first-order valence-electron chi connectivity index (χ1n) is 7.62. The first-order valence-corrected chi connectivity index (χ1v) is 9.10. The Hall–Kier alpha value is -1.50. The zero-order chi connectivity index (χ0) is 15.6. The number of para-hydroxylation sites is 1. The molecule has 0 radical (unpaired) electrons. The molecule has 0 aliphatic carbocycles. The third-order valence-electron chi connectivity index (χ3n) is 4.06. The summed E-state index contributed by atoms with van der Waals surface area (Å²) < 4.78 is 27.9. The van der Waals surface area contributed by atoms with Crippen molar-refractivity contribution in [2.24, 2.45) is 5.92 Å². The smallest absolute Gasteiger partial charge is 0.242 e. The van der Waals surface area contributed by atoms with Gasteiger partial charge in [0.1, 0.15) is 4.90 Å². The maximum atomic E-state index is 12.6. The second-order valence-corrected chi connectivity index (χ2v) is 7.64. The van der Waals surface area contributed by atoms with Gasteiger partial charge in [-0.25, -0.2) is 13.1 Å². The summed E-state index contributed by atoms with van der Waals surface area (Å²) in [6, 6.07) is 7.22. The molecule has 1 aromatic heterocycles. The molecule has 118 valence electrons. The van der Waals surface area contributed by atoms with Gasteiger partial charge in [-0.2, -0.15) is 0 Å². The van der Waals surface area contributed by atoms with E-state index in [9.17, 15) is 8.42 Å². The molecule has 1 unspecified atom stereocenters. The first kappa shape index (κ1) is 15.4. The minimum Gasteiger partial charge on any atom is -0.316 e. The van der Waals surface area contributed by atoms with E-state index in [4.69, 9.17) is 0 Å². The summed E-state index contributed by atoms with van der Waals surface area (Å²) in [6.07, 6.45) is 3.86. The summed E-state index contributed by atoms with van der Waals surface area (Å²) in [7, 11) is -3.54. The number of pyridine rings is 1. The maximum Gasteiger partial charge on any atom is 0.242 e. The molecule has 5 nitrogen and oxygen atoms in total. The van der Waals surface area contributed by atoms with Gasteiger partial charge in [0.15, 0.2) is 0 Å². The normalized spacial score (nSPS) is 19.4. The number of nitrogens with one attached hydrogen (secondary N) is 2. The number of sulfonamides is 1. The highest BCUT2D eigenvalue weighted by atomic mass is 32.2. The third-order valence-corrected chi connectivity index (χ3v) is 5.52. The van der Waals surface area contributed by atoms with Crippen LogP contribution in [0, 0.1) is 12.8 Å². The highest BCUT2D eigenvalue weighted by molar-refractivity contribution is 7.89. The van der Waals surface area contributed by atoms with E-state index in [1.54, 1.807) is 18.3 Å². The molecule has 1 aromatic carbocycles. The van der Waals surface area contributed by atoms with Crippen LogP contribution in [0.4, 0.5) is 0 Å². The van der Waals surface area contributed by atoms with Crippen LogP contribution in [0.5, 0.6) is 0 Å². The van der Waals surface area contributed by atoms with E-state index < -0.39 is 10.0 Å². The highest BCUT2D eigenvalue weighted by Crippen LogP contribution is 2.22. The highest BCUT2D eigenvalue weighted by Gasteiger charge is 2.21. The number of piperidine rings is 1. The summed E-state index contributed by atoms with van der Waals surface area (Å²) >= 11 is 0. The van der Waals surface area contributed by atoms with Crippen LogP contribution in [-0.2, 0) is 10.0 Å². The van der Waals surface area contributed by atoms with Crippen molar-refractivity contribution in [2.45, 2.75) is 24.7 Å². The topological polar surface area (TPSA) is 71.1 Å². The number of aromatic nitrogens is 1. The Labute approximate surface area is 131 Å². The van der Waals surface area contributed by atoms with Gasteiger partial charge in [-0.1, -0.05) is 12.1 Å². The molecule has 3 rings (SSSR count). The Morgan fingerprint density at radius 1 is 1.41 bits per heavy atom. The molecule has 2 heterocycles. The fraction of sp³-hybridized carbons (Fsp3) is 0.438. The Kier molecular flexibility index (Phi) is 4.42. The van der Waals surface area contributed by atoms with Crippen LogP contribution in [0.2, 0.25) is 0 Å². The maximum absolute atomic E-state index is 12.6. The fourth-order valence-electron chi connectivity index (χ4n) is 2.86. The second kappa shape index (κ2) is 6.32. The molecule has 1 atom stereocenters. The quantitative estimate of drug-likeness (QED) is 0.902. The van der Waals surface area contributed by atoms with Crippen LogP contribution in [-0.4, -0.2) is 33.0 Å². The molecule has 1 saturated heterocycles. The predicted molar refractivity (Wildman–Crippen MR) is 87.3 cm³/mol. The van der Waals surface area contributed by atoms with Gasteiger partial charge < -0.3 is 5.32 Å². The summed E-state index contributed by atoms with van der Waals surface area (Å²) in [5.41, 5.74) is 1.55. The molecular formula is C16H21N3O2S. The molecule has 2 aromatic rings. The lowest BCUT2D eigenvalue weighted by atomic mass is 10.0. The lowest BCUT2D eigenvalue weighted by Gasteiger charge is -2.22. The minimum absolute atomic E-state index is 0.258. The van der Waals surface area contributed by atoms with Crippen LogP contribution in [0.3, 0.4) is 0 Å². The molecule has 0 spiro atoms. The van der Waals surface area contributed by atoms with Gasteiger partial charge in [-0.05, 0) is 56.5 Å². The van der Waals surface area contributed by atoms with Crippen molar-refractivity contribution in [1.82, 2.24) is 15.0 Å². The molecule has 6 heteroatoms. The molecule has 1 aliphatic rings. The van der Waals surface area contributed by atoms with Crippen molar-refractivity contribution < 1.29 is 8.42 Å². The zero-order valence-electron chi connectivity index (χ0n) is 12.7. The van der Waals surface area contributed by atoms with Gasteiger partial charge in [-0.15, -0.1) is 0 Å². The monoisotopic (exact) mass is 319 g/mol. The van der Waals surface area contributed by atoms with Crippen LogP contribution in [0.1, 0.15) is 18.4 Å². The van der Waals surface area contributed by atoms with Crippen molar-refractivity contribution in [3.05, 3.63) is 36.0 Å². The number of hydrogen-bond donors (Lipinski definition) is 2. The Balaban J connectivity index is 1.85. The average Bonchev–Trinajstić information content (AvgIpc) is 2.53. The number of hydrogen-bond acceptors (Lipinski definition) is 4. The predicted octanol–water partition coefficient (Wildman–Crippen LogP) is 1.82. The van der Waals surface area contributed by atoms with Gasteiger partial charge in [0.05, 0.1) is 5.52 Å². The molecule has 0 saturated carbocycles. The molecule has 1 fully saturated rings. The van der Waals surface area contributed by atoms with Crippen molar-refractivity contribution in [3.8, 4) is 0 Å². The summed E-state index contributed by atoms with van der Waals surface area (Å²) in [4.78, 5) is 4.57. The standard InChI is InChI=1S/C16H21N3O2S/c1-12-8-14-5-2-6-15(16(14)18-9-12)22(20,21)19-11-13-4-3-7-17-10-13/h2,5-6,8-9,13,17,19H,3-4,7,10-11H2,1H3. The van der Waals surface area contributed by atoms with E-state index in [1.807, 2.05) is 19.1 Å². The number of rotatable bonds is 4. The van der Waals surface area contributed by atoms with Gasteiger partial charge in [0.2, 0.25) is 10.0 Å². The van der Waals surface area contributed by atoms with E-state index in [0.717, 1.165) is 36.9 Å². The van der Waals surface area contributed by atoms with E-state index in [-0.39, 0.29) is 4.90 Å². The lowest BCUT2D eigenvalue weighted by molar-refractivity contribution is 0.376. The lowest BCUT2D eigenvalue weighted by Crippen LogP contribution is -2.38. The molecule has 0 bridgehead atoms. The van der Waals surface area contributed by atoms with Crippen LogP contribution >= 0.6 is 0 Å². The minimum atomic E-state index is -3.54. The van der Waals surface area contributed by atoms with Crippen LogP contribution < -0.4 is 10.0 Å². The van der Waals surface area contributed by atoms with E-state index in [1.165, 1.54) is 0 Å². The zero-order valence-corrected chi connectivity index (χ0v) is 13.5. The second-order valence-electron chi connectivity index (χ2n) is 5.90. The van der Waals surface area contributed by atoms with E-state index >= 15 is 0 Å².